The van der Waals surface area contributed by atoms with Crippen molar-refractivity contribution in [3.63, 3.8) is 0 Å². The summed E-state index contributed by atoms with van der Waals surface area (Å²) in [4.78, 5) is 19.4. The van der Waals surface area contributed by atoms with Crippen LogP contribution in [-0.2, 0) is 4.74 Å². The van der Waals surface area contributed by atoms with Gasteiger partial charge in [0.1, 0.15) is 0 Å². The van der Waals surface area contributed by atoms with Crippen LogP contribution >= 0.6 is 0 Å². The molecule has 3 aromatic rings. The van der Waals surface area contributed by atoms with Crippen LogP contribution in [0.4, 0.5) is 0 Å². The Bertz CT molecular complexity index is 1090. The third-order valence-electron chi connectivity index (χ3n) is 5.65. The lowest BCUT2D eigenvalue weighted by molar-refractivity contribution is 0.0519. The molecule has 1 fully saturated rings. The molecule has 0 radical (unpaired) electrons. The first-order valence-electron chi connectivity index (χ1n) is 10.3. The third kappa shape index (κ3) is 3.79. The summed E-state index contributed by atoms with van der Waals surface area (Å²) in [5.74, 6) is -0.133. The lowest BCUT2D eigenvalue weighted by Gasteiger charge is -2.30. The van der Waals surface area contributed by atoms with E-state index in [0.717, 1.165) is 48.3 Å². The molecule has 0 aliphatic carbocycles. The van der Waals surface area contributed by atoms with Crippen molar-refractivity contribution < 1.29 is 9.53 Å². The molecule has 0 spiro atoms. The number of nitriles is 1. The van der Waals surface area contributed by atoms with Gasteiger partial charge in [-0.2, -0.15) is 10.4 Å². The summed E-state index contributed by atoms with van der Waals surface area (Å²) in [6.07, 6.45) is 1.86. The normalized spacial score (nSPS) is 15.2. The van der Waals surface area contributed by atoms with Gasteiger partial charge in [-0.25, -0.2) is 14.5 Å². The Hall–Kier alpha value is -3.24. The fourth-order valence-corrected chi connectivity index (χ4v) is 4.21. The number of aryl methyl sites for hydroxylation is 1. The molecule has 0 atom stereocenters. The average molecular weight is 403 g/mol. The monoisotopic (exact) mass is 403 g/mol. The average Bonchev–Trinajstić information content (AvgIpc) is 3.11. The molecular formula is C23H25N5O2. The first-order chi connectivity index (χ1) is 14.6. The Labute approximate surface area is 175 Å². The lowest BCUT2D eigenvalue weighted by Crippen LogP contribution is -2.33. The van der Waals surface area contributed by atoms with Gasteiger partial charge in [0.2, 0.25) is 0 Å². The van der Waals surface area contributed by atoms with Crippen LogP contribution in [0.5, 0.6) is 0 Å². The zero-order valence-corrected chi connectivity index (χ0v) is 17.3. The number of ether oxygens (including phenoxy) is 1. The van der Waals surface area contributed by atoms with Crippen molar-refractivity contribution in [1.29, 1.82) is 5.26 Å². The molecule has 0 unspecified atom stereocenters. The highest BCUT2D eigenvalue weighted by Crippen LogP contribution is 2.35. The molecule has 3 heterocycles. The van der Waals surface area contributed by atoms with E-state index in [0.29, 0.717) is 24.5 Å². The van der Waals surface area contributed by atoms with E-state index < -0.39 is 5.97 Å². The second-order valence-corrected chi connectivity index (χ2v) is 7.56. The number of benzene rings is 1. The van der Waals surface area contributed by atoms with E-state index >= 15 is 0 Å². The minimum absolute atomic E-state index is 0.283. The summed E-state index contributed by atoms with van der Waals surface area (Å²) in [7, 11) is 0. The largest absolute Gasteiger partial charge is 0.461 e. The van der Waals surface area contributed by atoms with Crippen LogP contribution in [0.3, 0.4) is 0 Å². The quantitative estimate of drug-likeness (QED) is 0.478. The van der Waals surface area contributed by atoms with Crippen LogP contribution in [0.1, 0.15) is 47.4 Å². The number of nitrogens with zero attached hydrogens (tertiary/aromatic N) is 5. The maximum Gasteiger partial charge on any atom is 0.357 e. The number of fused-ring (bicyclic) bond motifs is 1. The van der Waals surface area contributed by atoms with E-state index in [1.54, 1.807) is 6.92 Å². The molecule has 0 bridgehead atoms. The van der Waals surface area contributed by atoms with Gasteiger partial charge < -0.3 is 4.74 Å². The predicted octanol–water partition coefficient (Wildman–Crippen LogP) is 3.61. The molecule has 7 nitrogen and oxygen atoms in total. The Morgan fingerprint density at radius 1 is 1.27 bits per heavy atom. The molecule has 30 heavy (non-hydrogen) atoms. The van der Waals surface area contributed by atoms with Crippen molar-refractivity contribution in [3.05, 3.63) is 53.3 Å². The molecule has 0 amide bonds. The number of hydrogen-bond donors (Lipinski definition) is 0. The molecule has 7 heteroatoms. The molecule has 1 aliphatic rings. The second kappa shape index (κ2) is 8.64. The summed E-state index contributed by atoms with van der Waals surface area (Å²) >= 11 is 0. The molecule has 0 saturated carbocycles. The molecule has 154 valence electrons. The first-order valence-corrected chi connectivity index (χ1v) is 10.3. The van der Waals surface area contributed by atoms with Crippen LogP contribution < -0.4 is 0 Å². The lowest BCUT2D eigenvalue weighted by atomic mass is 9.87. The third-order valence-corrected chi connectivity index (χ3v) is 5.65. The van der Waals surface area contributed by atoms with Gasteiger partial charge in [-0.3, -0.25) is 4.90 Å². The summed E-state index contributed by atoms with van der Waals surface area (Å²) < 4.78 is 7.05. The van der Waals surface area contributed by atoms with Crippen molar-refractivity contribution in [2.75, 3.05) is 26.2 Å². The summed E-state index contributed by atoms with van der Waals surface area (Å²) in [5, 5.41) is 14.7. The Kier molecular flexibility index (Phi) is 5.77. The maximum atomic E-state index is 12.6. The zero-order valence-electron chi connectivity index (χ0n) is 17.3. The number of para-hydroxylation sites is 1. The first kappa shape index (κ1) is 20.0. The van der Waals surface area contributed by atoms with Gasteiger partial charge in [0.05, 0.1) is 30.6 Å². The number of pyridine rings is 1. The molecule has 0 N–H and O–H groups in total. The van der Waals surface area contributed by atoms with E-state index in [-0.39, 0.29) is 5.92 Å². The smallest absolute Gasteiger partial charge is 0.357 e. The standard InChI is InChI=1S/C23H25N5O2/c1-3-30-23(29)20-15-19(17-9-12-27(13-10-17)14-11-24)21-16(2)26-28(22(21)25-20)18-7-5-4-6-8-18/h4-8,15,17H,3,9-10,12-14H2,1-2H3. The number of piperidine rings is 1. The van der Waals surface area contributed by atoms with Crippen molar-refractivity contribution in [3.8, 4) is 11.8 Å². The highest BCUT2D eigenvalue weighted by atomic mass is 16.5. The molecule has 2 aromatic heterocycles. The molecule has 4 rings (SSSR count). The van der Waals surface area contributed by atoms with E-state index in [2.05, 4.69) is 16.0 Å². The topological polar surface area (TPSA) is 84.0 Å². The maximum absolute atomic E-state index is 12.6. The Balaban J connectivity index is 1.83. The summed E-state index contributed by atoms with van der Waals surface area (Å²) in [6, 6.07) is 13.9. The minimum Gasteiger partial charge on any atom is -0.461 e. The van der Waals surface area contributed by atoms with Gasteiger partial charge in [-0.05, 0) is 69.5 Å². The van der Waals surface area contributed by atoms with Crippen LogP contribution in [0.2, 0.25) is 0 Å². The second-order valence-electron chi connectivity index (χ2n) is 7.56. The minimum atomic E-state index is -0.416. The van der Waals surface area contributed by atoms with Crippen molar-refractivity contribution in [1.82, 2.24) is 19.7 Å². The predicted molar refractivity (Wildman–Crippen MR) is 114 cm³/mol. The number of esters is 1. The van der Waals surface area contributed by atoms with Gasteiger partial charge in [-0.1, -0.05) is 18.2 Å². The number of carbonyl (C=O) groups is 1. The van der Waals surface area contributed by atoms with E-state index in [9.17, 15) is 4.79 Å². The van der Waals surface area contributed by atoms with Crippen LogP contribution in [0.15, 0.2) is 36.4 Å². The molecular weight excluding hydrogens is 378 g/mol. The van der Waals surface area contributed by atoms with Gasteiger partial charge in [0.25, 0.3) is 0 Å². The van der Waals surface area contributed by atoms with E-state index in [4.69, 9.17) is 15.1 Å². The van der Waals surface area contributed by atoms with Crippen molar-refractivity contribution in [2.45, 2.75) is 32.6 Å². The number of hydrogen-bond acceptors (Lipinski definition) is 6. The fraction of sp³-hybridized carbons (Fsp3) is 0.391. The molecule has 1 aromatic carbocycles. The molecule has 1 aliphatic heterocycles. The zero-order chi connectivity index (χ0) is 21.1. The van der Waals surface area contributed by atoms with E-state index in [1.807, 2.05) is 48.0 Å². The number of carbonyl (C=O) groups excluding carboxylic acids is 1. The van der Waals surface area contributed by atoms with Crippen LogP contribution in [0.25, 0.3) is 16.7 Å². The SMILES string of the molecule is CCOC(=O)c1cc(C2CCN(CC#N)CC2)c2c(C)nn(-c3ccccc3)c2n1. The highest BCUT2D eigenvalue weighted by molar-refractivity contribution is 5.93. The van der Waals surface area contributed by atoms with E-state index in [1.165, 1.54) is 0 Å². The number of likely N-dealkylation sites (tertiary alicyclic amines) is 1. The van der Waals surface area contributed by atoms with Crippen LogP contribution in [0, 0.1) is 18.3 Å². The van der Waals surface area contributed by atoms with Gasteiger partial charge in [0, 0.05) is 5.39 Å². The van der Waals surface area contributed by atoms with Crippen molar-refractivity contribution >= 4 is 17.0 Å². The Morgan fingerprint density at radius 3 is 2.67 bits per heavy atom. The number of aromatic nitrogens is 3. The summed E-state index contributed by atoms with van der Waals surface area (Å²) in [5.41, 5.74) is 3.89. The van der Waals surface area contributed by atoms with Gasteiger partial charge >= 0.3 is 5.97 Å². The van der Waals surface area contributed by atoms with Gasteiger partial charge in [0.15, 0.2) is 11.3 Å². The van der Waals surface area contributed by atoms with Crippen molar-refractivity contribution in [2.24, 2.45) is 0 Å². The summed E-state index contributed by atoms with van der Waals surface area (Å²) in [6.45, 7) is 6.27. The molecule has 1 saturated heterocycles. The Morgan fingerprint density at radius 2 is 2.00 bits per heavy atom. The fourth-order valence-electron chi connectivity index (χ4n) is 4.21. The number of rotatable bonds is 5. The highest BCUT2D eigenvalue weighted by Gasteiger charge is 2.27. The van der Waals surface area contributed by atoms with Gasteiger partial charge in [-0.15, -0.1) is 0 Å². The van der Waals surface area contributed by atoms with Crippen LogP contribution in [-0.4, -0.2) is 51.9 Å².